The summed E-state index contributed by atoms with van der Waals surface area (Å²) in [6, 6.07) is 4.31. The molecule has 0 aliphatic heterocycles. The van der Waals surface area contributed by atoms with Crippen molar-refractivity contribution in [3.05, 3.63) is 18.3 Å². The Morgan fingerprint density at radius 1 is 1.44 bits per heavy atom. The summed E-state index contributed by atoms with van der Waals surface area (Å²) in [6.45, 7) is 2.24. The van der Waals surface area contributed by atoms with Crippen LogP contribution in [0.5, 0.6) is 5.75 Å². The highest BCUT2D eigenvalue weighted by molar-refractivity contribution is 5.50. The van der Waals surface area contributed by atoms with Crippen molar-refractivity contribution in [2.24, 2.45) is 5.92 Å². The Hall–Kier alpha value is -1.25. The van der Waals surface area contributed by atoms with Gasteiger partial charge < -0.3 is 10.1 Å². The van der Waals surface area contributed by atoms with E-state index < -0.39 is 0 Å². The number of hydrogen-bond donors (Lipinski definition) is 1. The van der Waals surface area contributed by atoms with Crippen LogP contribution in [0.1, 0.15) is 32.6 Å². The summed E-state index contributed by atoms with van der Waals surface area (Å²) in [5, 5.41) is 3.47. The lowest BCUT2D eigenvalue weighted by Gasteiger charge is -2.21. The number of aromatic nitrogens is 1. The molecule has 1 aromatic rings. The molecule has 2 rings (SSSR count). The molecule has 3 heteroatoms. The number of rotatable bonds is 4. The van der Waals surface area contributed by atoms with Crippen LogP contribution < -0.4 is 10.1 Å². The van der Waals surface area contributed by atoms with Crippen molar-refractivity contribution in [3.8, 4) is 5.75 Å². The third-order valence-electron chi connectivity index (χ3n) is 3.46. The van der Waals surface area contributed by atoms with Gasteiger partial charge in [0, 0.05) is 12.2 Å². The third kappa shape index (κ3) is 2.46. The number of methoxy groups -OCH3 is 1. The molecular formula is C13H20N2O. The molecule has 0 radical (unpaired) electrons. The van der Waals surface area contributed by atoms with Crippen molar-refractivity contribution >= 4 is 5.82 Å². The van der Waals surface area contributed by atoms with Crippen LogP contribution >= 0.6 is 0 Å². The maximum absolute atomic E-state index is 5.28. The van der Waals surface area contributed by atoms with Crippen LogP contribution in [-0.4, -0.2) is 18.1 Å². The summed E-state index contributed by atoms with van der Waals surface area (Å²) >= 11 is 0. The van der Waals surface area contributed by atoms with Crippen molar-refractivity contribution in [2.75, 3.05) is 12.4 Å². The van der Waals surface area contributed by atoms with Gasteiger partial charge in [-0.1, -0.05) is 12.8 Å². The minimum absolute atomic E-state index is 0.478. The first-order valence-corrected chi connectivity index (χ1v) is 6.07. The number of pyridine rings is 1. The second-order valence-electron chi connectivity index (χ2n) is 4.53. The minimum Gasteiger partial charge on any atom is -0.493 e. The molecule has 0 saturated heterocycles. The molecular weight excluding hydrogens is 200 g/mol. The number of anilines is 1. The zero-order valence-corrected chi connectivity index (χ0v) is 10.1. The molecule has 16 heavy (non-hydrogen) atoms. The van der Waals surface area contributed by atoms with Crippen LogP contribution in [-0.2, 0) is 0 Å². The molecule has 88 valence electrons. The Bertz CT molecular complexity index is 334. The molecule has 1 N–H and O–H groups in total. The largest absolute Gasteiger partial charge is 0.493 e. The van der Waals surface area contributed by atoms with Crippen LogP contribution in [0.3, 0.4) is 0 Å². The van der Waals surface area contributed by atoms with E-state index in [1.54, 1.807) is 13.3 Å². The lowest BCUT2D eigenvalue weighted by molar-refractivity contribution is 0.411. The maximum Gasteiger partial charge on any atom is 0.168 e. The van der Waals surface area contributed by atoms with Gasteiger partial charge in [0.05, 0.1) is 7.11 Å². The van der Waals surface area contributed by atoms with Crippen LogP contribution in [0.2, 0.25) is 0 Å². The molecule has 1 saturated carbocycles. The zero-order valence-electron chi connectivity index (χ0n) is 10.1. The molecule has 1 unspecified atom stereocenters. The molecule has 1 aliphatic carbocycles. The Morgan fingerprint density at radius 3 is 2.88 bits per heavy atom. The van der Waals surface area contributed by atoms with Gasteiger partial charge in [0.15, 0.2) is 11.6 Å². The standard InChI is InChI=1S/C13H20N2O/c1-10(11-6-3-4-7-11)15-13-12(16-2)8-5-9-14-13/h5,8-11H,3-4,6-7H2,1-2H3,(H,14,15). The summed E-state index contributed by atoms with van der Waals surface area (Å²) in [5.74, 6) is 2.48. The third-order valence-corrected chi connectivity index (χ3v) is 3.46. The Labute approximate surface area is 97.2 Å². The SMILES string of the molecule is COc1cccnc1NC(C)C1CCCC1. The van der Waals surface area contributed by atoms with Gasteiger partial charge >= 0.3 is 0 Å². The quantitative estimate of drug-likeness (QED) is 0.846. The van der Waals surface area contributed by atoms with Crippen molar-refractivity contribution in [3.63, 3.8) is 0 Å². The molecule has 1 aliphatic rings. The van der Waals surface area contributed by atoms with E-state index in [-0.39, 0.29) is 0 Å². The first kappa shape index (κ1) is 11.2. The van der Waals surface area contributed by atoms with Crippen LogP contribution in [0.15, 0.2) is 18.3 Å². The molecule has 1 atom stereocenters. The summed E-state index contributed by atoms with van der Waals surface area (Å²) < 4.78 is 5.28. The number of nitrogens with zero attached hydrogens (tertiary/aromatic N) is 1. The fraction of sp³-hybridized carbons (Fsp3) is 0.615. The highest BCUT2D eigenvalue weighted by Gasteiger charge is 2.22. The van der Waals surface area contributed by atoms with Crippen LogP contribution in [0.25, 0.3) is 0 Å². The Kier molecular flexibility index (Phi) is 3.65. The zero-order chi connectivity index (χ0) is 11.4. The summed E-state index contributed by atoms with van der Waals surface area (Å²) in [5.41, 5.74) is 0. The van der Waals surface area contributed by atoms with Gasteiger partial charge in [-0.05, 0) is 37.8 Å². The summed E-state index contributed by atoms with van der Waals surface area (Å²) in [4.78, 5) is 4.32. The average Bonchev–Trinajstić information content (AvgIpc) is 2.83. The van der Waals surface area contributed by atoms with E-state index in [9.17, 15) is 0 Å². The molecule has 1 aromatic heterocycles. The predicted molar refractivity (Wildman–Crippen MR) is 65.8 cm³/mol. The van der Waals surface area contributed by atoms with E-state index in [1.165, 1.54) is 25.7 Å². The smallest absolute Gasteiger partial charge is 0.168 e. The maximum atomic E-state index is 5.28. The van der Waals surface area contributed by atoms with E-state index in [0.29, 0.717) is 6.04 Å². The van der Waals surface area contributed by atoms with Crippen molar-refractivity contribution in [1.29, 1.82) is 0 Å². The molecule has 0 spiro atoms. The molecule has 1 fully saturated rings. The monoisotopic (exact) mass is 220 g/mol. The first-order valence-electron chi connectivity index (χ1n) is 6.07. The van der Waals surface area contributed by atoms with Crippen LogP contribution in [0.4, 0.5) is 5.82 Å². The number of nitrogens with one attached hydrogen (secondary N) is 1. The summed E-state index contributed by atoms with van der Waals surface area (Å²) in [7, 11) is 1.68. The van der Waals surface area contributed by atoms with E-state index in [1.807, 2.05) is 12.1 Å². The van der Waals surface area contributed by atoms with Crippen molar-refractivity contribution in [1.82, 2.24) is 4.98 Å². The summed E-state index contributed by atoms with van der Waals surface area (Å²) in [6.07, 6.45) is 7.21. The normalized spacial score (nSPS) is 18.4. The van der Waals surface area contributed by atoms with E-state index in [2.05, 4.69) is 17.2 Å². The second kappa shape index (κ2) is 5.19. The average molecular weight is 220 g/mol. The predicted octanol–water partition coefficient (Wildman–Crippen LogP) is 3.08. The minimum atomic E-state index is 0.478. The van der Waals surface area contributed by atoms with Gasteiger partial charge in [0.2, 0.25) is 0 Å². The van der Waals surface area contributed by atoms with Gasteiger partial charge in [-0.15, -0.1) is 0 Å². The molecule has 1 heterocycles. The van der Waals surface area contributed by atoms with Gasteiger partial charge in [-0.3, -0.25) is 0 Å². The Balaban J connectivity index is 2.01. The van der Waals surface area contributed by atoms with Gasteiger partial charge in [0.1, 0.15) is 0 Å². The van der Waals surface area contributed by atoms with Gasteiger partial charge in [-0.2, -0.15) is 0 Å². The topological polar surface area (TPSA) is 34.1 Å². The fourth-order valence-corrected chi connectivity index (χ4v) is 2.45. The van der Waals surface area contributed by atoms with E-state index in [4.69, 9.17) is 4.74 Å². The van der Waals surface area contributed by atoms with Crippen molar-refractivity contribution < 1.29 is 4.74 Å². The number of hydrogen-bond acceptors (Lipinski definition) is 3. The first-order chi connectivity index (χ1) is 7.81. The van der Waals surface area contributed by atoms with Gasteiger partial charge in [0.25, 0.3) is 0 Å². The van der Waals surface area contributed by atoms with E-state index >= 15 is 0 Å². The van der Waals surface area contributed by atoms with E-state index in [0.717, 1.165) is 17.5 Å². The lowest BCUT2D eigenvalue weighted by atomic mass is 10.00. The van der Waals surface area contributed by atoms with Gasteiger partial charge in [-0.25, -0.2) is 4.98 Å². The van der Waals surface area contributed by atoms with Crippen molar-refractivity contribution in [2.45, 2.75) is 38.6 Å². The highest BCUT2D eigenvalue weighted by atomic mass is 16.5. The lowest BCUT2D eigenvalue weighted by Crippen LogP contribution is -2.24. The van der Waals surface area contributed by atoms with Crippen LogP contribution in [0, 0.1) is 5.92 Å². The molecule has 0 aromatic carbocycles. The molecule has 0 bridgehead atoms. The second-order valence-corrected chi connectivity index (χ2v) is 4.53. The molecule has 3 nitrogen and oxygen atoms in total. The fourth-order valence-electron chi connectivity index (χ4n) is 2.45. The number of ether oxygens (including phenoxy) is 1. The molecule has 0 amide bonds. The highest BCUT2D eigenvalue weighted by Crippen LogP contribution is 2.30. The Morgan fingerprint density at radius 2 is 2.19 bits per heavy atom.